The highest BCUT2D eigenvalue weighted by molar-refractivity contribution is 6.06. The third-order valence-electron chi connectivity index (χ3n) is 11.2. The van der Waals surface area contributed by atoms with E-state index in [1.54, 1.807) is 0 Å². The number of H-pyrrole nitrogens is 2. The second kappa shape index (κ2) is 12.2. The Hall–Kier alpha value is -6.16. The van der Waals surface area contributed by atoms with Gasteiger partial charge >= 0.3 is 0 Å². The summed E-state index contributed by atoms with van der Waals surface area (Å²) in [6.07, 6.45) is -2.49. The highest BCUT2D eigenvalue weighted by Gasteiger charge is 2.60. The van der Waals surface area contributed by atoms with E-state index in [0.717, 1.165) is 38.2 Å². The van der Waals surface area contributed by atoms with E-state index in [2.05, 4.69) is 9.97 Å². The van der Waals surface area contributed by atoms with E-state index >= 15 is 0 Å². The number of aromatic nitrogens is 8. The van der Waals surface area contributed by atoms with Crippen LogP contribution in [0.5, 0.6) is 5.75 Å². The minimum Gasteiger partial charge on any atom is -0.490 e. The van der Waals surface area contributed by atoms with Crippen molar-refractivity contribution in [3.05, 3.63) is 91.0 Å². The zero-order valence-electron chi connectivity index (χ0n) is 31.9. The number of aromatic amines is 2. The van der Waals surface area contributed by atoms with Crippen molar-refractivity contribution in [3.8, 4) is 51.3 Å². The van der Waals surface area contributed by atoms with Crippen molar-refractivity contribution in [1.29, 1.82) is 0 Å². The molecule has 0 spiro atoms. The molecule has 2 N–H and O–H groups in total. The van der Waals surface area contributed by atoms with Gasteiger partial charge in [0.2, 0.25) is 0 Å². The highest BCUT2D eigenvalue weighted by Crippen LogP contribution is 2.46. The average molecular weight is 773 g/mol. The van der Waals surface area contributed by atoms with Gasteiger partial charge in [0, 0.05) is 38.2 Å². The third kappa shape index (κ3) is 5.30. The summed E-state index contributed by atoms with van der Waals surface area (Å²) in [6, 6.07) is 29.8. The summed E-state index contributed by atoms with van der Waals surface area (Å²) in [5.41, 5.74) is 5.65. The molecule has 8 bridgehead atoms. The number of rotatable bonds is 3. The number of benzene rings is 4. The smallest absolute Gasteiger partial charge is 0.190 e. The number of fused-ring (bicyclic) bond motifs is 23. The lowest BCUT2D eigenvalue weighted by Gasteiger charge is -2.37. The van der Waals surface area contributed by atoms with E-state index in [1.807, 2.05) is 119 Å². The van der Waals surface area contributed by atoms with Gasteiger partial charge in [-0.05, 0) is 33.8 Å². The fourth-order valence-corrected chi connectivity index (χ4v) is 8.78. The van der Waals surface area contributed by atoms with Gasteiger partial charge < -0.3 is 38.4 Å². The van der Waals surface area contributed by atoms with Crippen molar-refractivity contribution in [2.75, 3.05) is 6.61 Å². The molecule has 5 atom stereocenters. The summed E-state index contributed by atoms with van der Waals surface area (Å²) >= 11 is 0. The fourth-order valence-electron chi connectivity index (χ4n) is 8.78. The molecule has 5 aliphatic heterocycles. The first kappa shape index (κ1) is 33.9. The molecule has 3 saturated heterocycles. The topological polar surface area (TPSA) is 164 Å². The second-order valence-electron chi connectivity index (χ2n) is 15.9. The maximum atomic E-state index is 6.71. The van der Waals surface area contributed by atoms with E-state index in [-0.39, 0.29) is 6.61 Å². The molecule has 58 heavy (non-hydrogen) atoms. The molecule has 5 aliphatic rings. The van der Waals surface area contributed by atoms with Gasteiger partial charge in [-0.25, -0.2) is 29.9 Å². The average Bonchev–Trinajstić information content (AvgIpc) is 4.05. The molecule has 0 unspecified atom stereocenters. The molecule has 0 amide bonds. The van der Waals surface area contributed by atoms with Gasteiger partial charge in [-0.15, -0.1) is 0 Å². The van der Waals surface area contributed by atoms with Crippen LogP contribution < -0.4 is 4.74 Å². The Balaban J connectivity index is 1.05. The van der Waals surface area contributed by atoms with Crippen LogP contribution in [0.1, 0.15) is 27.7 Å². The van der Waals surface area contributed by atoms with E-state index < -0.39 is 42.3 Å². The molecular formula is C44H36N8O6. The Morgan fingerprint density at radius 2 is 0.966 bits per heavy atom. The van der Waals surface area contributed by atoms with Crippen LogP contribution in [0.3, 0.4) is 0 Å². The number of hydrogen-bond donors (Lipinski definition) is 2. The predicted octanol–water partition coefficient (Wildman–Crippen LogP) is 7.64. The van der Waals surface area contributed by atoms with Crippen LogP contribution in [0.15, 0.2) is 91.0 Å². The molecule has 3 fully saturated rings. The van der Waals surface area contributed by atoms with Crippen LogP contribution in [0.4, 0.5) is 0 Å². The summed E-state index contributed by atoms with van der Waals surface area (Å²) in [7, 11) is 0. The number of nitrogens with one attached hydrogen (secondary N) is 2. The minimum absolute atomic E-state index is 0.132. The highest BCUT2D eigenvalue weighted by atomic mass is 16.9. The molecule has 0 radical (unpaired) electrons. The molecule has 8 heterocycles. The van der Waals surface area contributed by atoms with Crippen molar-refractivity contribution < 1.29 is 28.4 Å². The molecule has 7 aromatic rings. The first-order valence-electron chi connectivity index (χ1n) is 19.4. The maximum Gasteiger partial charge on any atom is 0.190 e. The Kier molecular flexibility index (Phi) is 7.12. The van der Waals surface area contributed by atoms with E-state index in [0.29, 0.717) is 57.2 Å². The van der Waals surface area contributed by atoms with Gasteiger partial charge in [0.1, 0.15) is 59.4 Å². The van der Waals surface area contributed by atoms with Crippen molar-refractivity contribution in [2.24, 2.45) is 0 Å². The Morgan fingerprint density at radius 3 is 1.57 bits per heavy atom. The summed E-state index contributed by atoms with van der Waals surface area (Å²) in [4.78, 5) is 37.6. The predicted molar refractivity (Wildman–Crippen MR) is 214 cm³/mol. The summed E-state index contributed by atoms with van der Waals surface area (Å²) in [5.74, 6) is 0.874. The molecule has 4 aromatic carbocycles. The van der Waals surface area contributed by atoms with Crippen LogP contribution in [0.25, 0.3) is 89.7 Å². The zero-order valence-corrected chi connectivity index (χ0v) is 31.9. The molecule has 12 rings (SSSR count). The number of nitrogens with zero attached hydrogens (tertiary/aromatic N) is 6. The first-order chi connectivity index (χ1) is 28.1. The van der Waals surface area contributed by atoms with Gasteiger partial charge in [-0.2, -0.15) is 0 Å². The summed E-state index contributed by atoms with van der Waals surface area (Å²) < 4.78 is 38.3. The standard InChI is InChI=1S/C44H36N8O6/c1-43(2)55-31-29(54-42-33(32(31)56-43)57-44(3,4)58-42)20-53-28-19-11-18-27-30(28)41-51-39-26-17-10-9-16-25(26)37(49-39)47-35-22-13-6-5-12-21(22)34(45-35)46-36-23-14-7-8-15-24(23)38(48-36)50-40(27)52-41/h5-19,29,31-33,42H,20H2,1-4H3,(H2,45,46,47,48,49,50,51,52)/t29-,31+,32+,33-,42-/m1/s1. The van der Waals surface area contributed by atoms with E-state index in [4.69, 9.17) is 58.3 Å². The molecule has 0 saturated carbocycles. The molecule has 288 valence electrons. The van der Waals surface area contributed by atoms with Gasteiger partial charge in [0.15, 0.2) is 41.2 Å². The Labute approximate surface area is 330 Å². The summed E-state index contributed by atoms with van der Waals surface area (Å²) in [6.45, 7) is 7.65. The lowest BCUT2D eigenvalue weighted by Crippen LogP contribution is -2.56. The second-order valence-corrected chi connectivity index (χ2v) is 15.9. The molecule has 14 heteroatoms. The van der Waals surface area contributed by atoms with Crippen LogP contribution in [0, 0.1) is 0 Å². The largest absolute Gasteiger partial charge is 0.490 e. The SMILES string of the molecule is CC1(C)O[C@H]2[C@@H](O1)[C@@H](COc1cccc3c1-c1nc-3nc3[nH]c(nc4nc(nc5[nH]c(n1)c1ccccc51)-c1ccccc1-4)c1ccccc31)O[C@@H]1OC(C)(C)O[C@@H]12. The van der Waals surface area contributed by atoms with Gasteiger partial charge in [-0.3, -0.25) is 0 Å². The van der Waals surface area contributed by atoms with Gasteiger partial charge in [0.25, 0.3) is 0 Å². The summed E-state index contributed by atoms with van der Waals surface area (Å²) in [5, 5.41) is 3.55. The quantitative estimate of drug-likeness (QED) is 0.181. The lowest BCUT2D eigenvalue weighted by molar-refractivity contribution is -0.238. The van der Waals surface area contributed by atoms with Crippen LogP contribution in [-0.2, 0) is 23.7 Å². The van der Waals surface area contributed by atoms with Crippen molar-refractivity contribution in [3.63, 3.8) is 0 Å². The third-order valence-corrected chi connectivity index (χ3v) is 11.2. The lowest BCUT2D eigenvalue weighted by atomic mass is 9.99. The fraction of sp³-hybridized carbons (Fsp3) is 0.273. The molecule has 0 aliphatic carbocycles. The number of ether oxygens (including phenoxy) is 6. The zero-order chi connectivity index (χ0) is 38.9. The molecular weight excluding hydrogens is 737 g/mol. The number of hydrogen-bond acceptors (Lipinski definition) is 12. The van der Waals surface area contributed by atoms with Crippen molar-refractivity contribution in [2.45, 2.75) is 70.0 Å². The van der Waals surface area contributed by atoms with Gasteiger partial charge in [-0.1, -0.05) is 84.9 Å². The Bertz CT molecular complexity index is 3030. The van der Waals surface area contributed by atoms with Crippen molar-refractivity contribution in [1.82, 2.24) is 39.9 Å². The minimum atomic E-state index is -0.840. The first-order valence-corrected chi connectivity index (χ1v) is 19.4. The van der Waals surface area contributed by atoms with Crippen LogP contribution >= 0.6 is 0 Å². The Morgan fingerprint density at radius 1 is 0.500 bits per heavy atom. The maximum absolute atomic E-state index is 6.71. The van der Waals surface area contributed by atoms with Crippen LogP contribution in [-0.4, -0.2) is 88.8 Å². The molecule has 14 nitrogen and oxygen atoms in total. The monoisotopic (exact) mass is 772 g/mol. The normalized spacial score (nSPS) is 23.7. The van der Waals surface area contributed by atoms with E-state index in [9.17, 15) is 0 Å². The molecule has 3 aromatic heterocycles. The van der Waals surface area contributed by atoms with Gasteiger partial charge in [0.05, 0.1) is 5.56 Å². The van der Waals surface area contributed by atoms with E-state index in [1.165, 1.54) is 0 Å². The van der Waals surface area contributed by atoms with Crippen molar-refractivity contribution >= 4 is 44.1 Å². The van der Waals surface area contributed by atoms with Crippen LogP contribution in [0.2, 0.25) is 0 Å².